The summed E-state index contributed by atoms with van der Waals surface area (Å²) in [7, 11) is 0. The van der Waals surface area contributed by atoms with Crippen molar-refractivity contribution in [2.75, 3.05) is 0 Å². The second kappa shape index (κ2) is 9.40. The summed E-state index contributed by atoms with van der Waals surface area (Å²) in [5.41, 5.74) is 2.65. The molecule has 2 heterocycles. The van der Waals surface area contributed by atoms with Crippen LogP contribution in [-0.2, 0) is 6.54 Å². The van der Waals surface area contributed by atoms with Gasteiger partial charge in [-0.05, 0) is 42.3 Å². The van der Waals surface area contributed by atoms with Crippen LogP contribution in [0, 0.1) is 0 Å². The first-order valence-corrected chi connectivity index (χ1v) is 10.7. The molecule has 0 bridgehead atoms. The molecule has 6 nitrogen and oxygen atoms in total. The second-order valence-electron chi connectivity index (χ2n) is 7.01. The van der Waals surface area contributed by atoms with E-state index in [1.54, 1.807) is 24.3 Å². The topological polar surface area (TPSA) is 76.6 Å². The van der Waals surface area contributed by atoms with E-state index in [9.17, 15) is 9.59 Å². The number of furan rings is 1. The van der Waals surface area contributed by atoms with Gasteiger partial charge in [-0.25, -0.2) is 0 Å². The Kier molecular flexibility index (Phi) is 6.24. The van der Waals surface area contributed by atoms with Gasteiger partial charge >= 0.3 is 5.91 Å². The molecular weight excluding hydrogens is 410 g/mol. The van der Waals surface area contributed by atoms with Gasteiger partial charge in [-0.3, -0.25) is 9.59 Å². The summed E-state index contributed by atoms with van der Waals surface area (Å²) in [6, 6.07) is 20.4. The fourth-order valence-corrected chi connectivity index (χ4v) is 3.84. The summed E-state index contributed by atoms with van der Waals surface area (Å²) < 4.78 is 6.99. The third kappa shape index (κ3) is 5.07. The molecule has 0 fully saturated rings. The Hall–Kier alpha value is -3.71. The maximum Gasteiger partial charge on any atom is 0.315 e. The first-order chi connectivity index (χ1) is 15.1. The van der Waals surface area contributed by atoms with Gasteiger partial charge < -0.3 is 14.3 Å². The van der Waals surface area contributed by atoms with Crippen molar-refractivity contribution >= 4 is 23.2 Å². The normalized spacial score (nSPS) is 12.5. The predicted octanol–water partition coefficient (Wildman–Crippen LogP) is 4.42. The van der Waals surface area contributed by atoms with E-state index in [1.165, 1.54) is 17.6 Å². The van der Waals surface area contributed by atoms with E-state index in [0.717, 1.165) is 11.1 Å². The molecule has 0 aliphatic heterocycles. The predicted molar refractivity (Wildman–Crippen MR) is 119 cm³/mol. The van der Waals surface area contributed by atoms with Crippen molar-refractivity contribution in [3.63, 3.8) is 0 Å². The SMILES string of the molecule is CC(NC(=O)c1ccc(Cn2ccsc2=NC(=O)c2ccco2)cc1)c1ccccc1. The number of aromatic nitrogens is 1. The highest BCUT2D eigenvalue weighted by Crippen LogP contribution is 2.13. The molecule has 0 spiro atoms. The highest BCUT2D eigenvalue weighted by molar-refractivity contribution is 7.07. The number of benzene rings is 2. The van der Waals surface area contributed by atoms with Crippen LogP contribution in [0.2, 0.25) is 0 Å². The van der Waals surface area contributed by atoms with Gasteiger partial charge in [0.15, 0.2) is 10.6 Å². The molecule has 1 N–H and O–H groups in total. The van der Waals surface area contributed by atoms with Crippen molar-refractivity contribution in [1.29, 1.82) is 0 Å². The van der Waals surface area contributed by atoms with E-state index in [1.807, 2.05) is 65.5 Å². The Bertz CT molecular complexity index is 1220. The Balaban J connectivity index is 1.43. The van der Waals surface area contributed by atoms with E-state index in [-0.39, 0.29) is 17.7 Å². The van der Waals surface area contributed by atoms with Crippen LogP contribution in [-0.4, -0.2) is 16.4 Å². The molecule has 2 aromatic heterocycles. The Labute approximate surface area is 183 Å². The average molecular weight is 432 g/mol. The lowest BCUT2D eigenvalue weighted by molar-refractivity contribution is 0.0938. The molecule has 4 aromatic rings. The van der Waals surface area contributed by atoms with Gasteiger partial charge in [0.1, 0.15) is 0 Å². The summed E-state index contributed by atoms with van der Waals surface area (Å²) in [5.74, 6) is -0.327. The number of hydrogen-bond acceptors (Lipinski definition) is 4. The second-order valence-corrected chi connectivity index (χ2v) is 7.88. The van der Waals surface area contributed by atoms with E-state index in [2.05, 4.69) is 10.3 Å². The molecule has 0 saturated heterocycles. The zero-order valence-corrected chi connectivity index (χ0v) is 17.7. The van der Waals surface area contributed by atoms with Crippen LogP contribution < -0.4 is 10.1 Å². The van der Waals surface area contributed by atoms with Crippen molar-refractivity contribution in [3.8, 4) is 0 Å². The Morgan fingerprint density at radius 3 is 2.55 bits per heavy atom. The lowest BCUT2D eigenvalue weighted by atomic mass is 10.1. The molecule has 4 rings (SSSR count). The maximum atomic E-state index is 12.6. The van der Waals surface area contributed by atoms with Crippen LogP contribution in [0.5, 0.6) is 0 Å². The molecule has 2 amide bonds. The lowest BCUT2D eigenvalue weighted by Gasteiger charge is -2.14. The van der Waals surface area contributed by atoms with E-state index >= 15 is 0 Å². The first kappa shape index (κ1) is 20.6. The monoisotopic (exact) mass is 431 g/mol. The summed E-state index contributed by atoms with van der Waals surface area (Å²) in [5, 5.41) is 4.89. The molecule has 0 aliphatic carbocycles. The number of rotatable bonds is 6. The fraction of sp³-hybridized carbons (Fsp3) is 0.125. The quantitative estimate of drug-likeness (QED) is 0.491. The van der Waals surface area contributed by atoms with Crippen LogP contribution in [0.1, 0.15) is 45.0 Å². The van der Waals surface area contributed by atoms with Gasteiger partial charge in [-0.2, -0.15) is 4.99 Å². The van der Waals surface area contributed by atoms with Crippen LogP contribution >= 0.6 is 11.3 Å². The number of amides is 2. The van der Waals surface area contributed by atoms with Crippen LogP contribution in [0.25, 0.3) is 0 Å². The van der Waals surface area contributed by atoms with Gasteiger partial charge in [-0.1, -0.05) is 42.5 Å². The van der Waals surface area contributed by atoms with Crippen molar-refractivity contribution in [3.05, 3.63) is 112 Å². The van der Waals surface area contributed by atoms with Crippen LogP contribution in [0.4, 0.5) is 0 Å². The zero-order valence-electron chi connectivity index (χ0n) is 16.9. The molecular formula is C24H21N3O3S. The summed E-state index contributed by atoms with van der Waals surface area (Å²) >= 11 is 1.38. The molecule has 156 valence electrons. The first-order valence-electron chi connectivity index (χ1n) is 9.81. The molecule has 0 aliphatic rings. The number of hydrogen-bond donors (Lipinski definition) is 1. The summed E-state index contributed by atoms with van der Waals surface area (Å²) in [6.07, 6.45) is 3.32. The van der Waals surface area contributed by atoms with Crippen LogP contribution in [0.3, 0.4) is 0 Å². The molecule has 0 radical (unpaired) electrons. The van der Waals surface area contributed by atoms with Crippen molar-refractivity contribution < 1.29 is 14.0 Å². The Morgan fingerprint density at radius 2 is 1.84 bits per heavy atom. The number of carbonyl (C=O) groups excluding carboxylic acids is 2. The van der Waals surface area contributed by atoms with Gasteiger partial charge in [0.25, 0.3) is 5.91 Å². The highest BCUT2D eigenvalue weighted by atomic mass is 32.1. The van der Waals surface area contributed by atoms with Gasteiger partial charge in [-0.15, -0.1) is 11.3 Å². The third-order valence-electron chi connectivity index (χ3n) is 4.81. The van der Waals surface area contributed by atoms with Crippen molar-refractivity contribution in [1.82, 2.24) is 9.88 Å². The van der Waals surface area contributed by atoms with E-state index in [4.69, 9.17) is 4.42 Å². The molecule has 1 unspecified atom stereocenters. The smallest absolute Gasteiger partial charge is 0.315 e. The minimum atomic E-state index is -0.416. The molecule has 31 heavy (non-hydrogen) atoms. The van der Waals surface area contributed by atoms with Crippen molar-refractivity contribution in [2.24, 2.45) is 4.99 Å². The highest BCUT2D eigenvalue weighted by Gasteiger charge is 2.12. The summed E-state index contributed by atoms with van der Waals surface area (Å²) in [4.78, 5) is 29.5. The van der Waals surface area contributed by atoms with Crippen LogP contribution in [0.15, 0.2) is 94.0 Å². The Morgan fingerprint density at radius 1 is 1.06 bits per heavy atom. The third-order valence-corrected chi connectivity index (χ3v) is 5.60. The van der Waals surface area contributed by atoms with Crippen molar-refractivity contribution in [2.45, 2.75) is 19.5 Å². The molecule has 2 aromatic carbocycles. The average Bonchev–Trinajstić information content (AvgIpc) is 3.47. The number of carbonyl (C=O) groups is 2. The number of nitrogens with zero attached hydrogens (tertiary/aromatic N) is 2. The lowest BCUT2D eigenvalue weighted by Crippen LogP contribution is -2.26. The van der Waals surface area contributed by atoms with E-state index in [0.29, 0.717) is 16.9 Å². The zero-order chi connectivity index (χ0) is 21.6. The number of thiazole rings is 1. The number of nitrogens with one attached hydrogen (secondary N) is 1. The largest absolute Gasteiger partial charge is 0.459 e. The fourth-order valence-electron chi connectivity index (χ4n) is 3.11. The minimum absolute atomic E-state index is 0.0781. The molecule has 1 atom stereocenters. The van der Waals surface area contributed by atoms with E-state index < -0.39 is 5.91 Å². The minimum Gasteiger partial charge on any atom is -0.459 e. The summed E-state index contributed by atoms with van der Waals surface area (Å²) in [6.45, 7) is 2.50. The standard InChI is InChI=1S/C24H21N3O3S/c1-17(19-6-3-2-4-7-19)25-22(28)20-11-9-18(10-12-20)16-27-13-15-31-24(27)26-23(29)21-8-5-14-30-21/h2-15,17H,16H2,1H3,(H,25,28). The maximum absolute atomic E-state index is 12.6. The molecule has 0 saturated carbocycles. The molecule has 7 heteroatoms. The van der Waals surface area contributed by atoms with Gasteiger partial charge in [0, 0.05) is 23.7 Å². The van der Waals surface area contributed by atoms with Gasteiger partial charge in [0.05, 0.1) is 12.3 Å². The van der Waals surface area contributed by atoms with Gasteiger partial charge in [0.2, 0.25) is 0 Å².